The van der Waals surface area contributed by atoms with Gasteiger partial charge in [-0.15, -0.1) is 11.3 Å². The van der Waals surface area contributed by atoms with E-state index >= 15 is 0 Å². The smallest absolute Gasteiger partial charge is 0.326 e. The zero-order valence-corrected chi connectivity index (χ0v) is 12.6. The van der Waals surface area contributed by atoms with Gasteiger partial charge in [0.1, 0.15) is 6.04 Å². The van der Waals surface area contributed by atoms with Crippen LogP contribution in [0.1, 0.15) is 16.9 Å². The van der Waals surface area contributed by atoms with Gasteiger partial charge in [0.2, 0.25) is 0 Å². The van der Waals surface area contributed by atoms with E-state index in [-0.39, 0.29) is 12.1 Å². The third-order valence-electron chi connectivity index (χ3n) is 4.20. The summed E-state index contributed by atoms with van der Waals surface area (Å²) in [6, 6.07) is 1.06. The number of rotatable bonds is 2. The molecular formula is C14H18N2O4S. The maximum atomic E-state index is 12.6. The van der Waals surface area contributed by atoms with Crippen molar-refractivity contribution in [3.8, 4) is 0 Å². The zero-order chi connectivity index (χ0) is 15.0. The third kappa shape index (κ3) is 2.63. The lowest BCUT2D eigenvalue weighted by atomic mass is 10.1. The molecule has 2 aliphatic rings. The van der Waals surface area contributed by atoms with Gasteiger partial charge in [-0.3, -0.25) is 0 Å². The molecule has 21 heavy (non-hydrogen) atoms. The van der Waals surface area contributed by atoms with Gasteiger partial charge >= 0.3 is 12.0 Å². The van der Waals surface area contributed by atoms with Gasteiger partial charge in [0.05, 0.1) is 6.10 Å². The van der Waals surface area contributed by atoms with Crippen molar-refractivity contribution in [1.29, 1.82) is 0 Å². The normalized spacial score (nSPS) is 25.0. The van der Waals surface area contributed by atoms with E-state index in [1.165, 1.54) is 15.3 Å². The number of hydrogen-bond acceptors (Lipinski definition) is 4. The molecule has 0 bridgehead atoms. The summed E-state index contributed by atoms with van der Waals surface area (Å²) in [7, 11) is 1.55. The number of fused-ring (bicyclic) bond motifs is 1. The van der Waals surface area contributed by atoms with E-state index in [9.17, 15) is 14.7 Å². The summed E-state index contributed by atoms with van der Waals surface area (Å²) in [5.41, 5.74) is 1.17. The minimum absolute atomic E-state index is 0.196. The van der Waals surface area contributed by atoms with Crippen LogP contribution in [-0.4, -0.2) is 59.3 Å². The number of thiophene rings is 1. The van der Waals surface area contributed by atoms with Crippen LogP contribution in [0.3, 0.4) is 0 Å². The van der Waals surface area contributed by atoms with Crippen molar-refractivity contribution in [3.05, 3.63) is 21.9 Å². The van der Waals surface area contributed by atoms with Gasteiger partial charge in [-0.25, -0.2) is 9.59 Å². The van der Waals surface area contributed by atoms with E-state index in [1.807, 2.05) is 11.4 Å². The van der Waals surface area contributed by atoms with Crippen molar-refractivity contribution in [2.24, 2.45) is 0 Å². The average Bonchev–Trinajstić information content (AvgIpc) is 3.11. The molecule has 1 N–H and O–H groups in total. The first-order valence-corrected chi connectivity index (χ1v) is 7.84. The van der Waals surface area contributed by atoms with Crippen LogP contribution in [-0.2, 0) is 22.5 Å². The van der Waals surface area contributed by atoms with Crippen LogP contribution in [0, 0.1) is 0 Å². The van der Waals surface area contributed by atoms with Gasteiger partial charge in [-0.2, -0.15) is 0 Å². The summed E-state index contributed by atoms with van der Waals surface area (Å²) < 4.78 is 5.23. The molecule has 2 aliphatic heterocycles. The summed E-state index contributed by atoms with van der Waals surface area (Å²) in [5.74, 6) is -0.962. The highest BCUT2D eigenvalue weighted by molar-refractivity contribution is 7.10. The molecule has 0 radical (unpaired) electrons. The van der Waals surface area contributed by atoms with Crippen LogP contribution in [0.4, 0.5) is 4.79 Å². The van der Waals surface area contributed by atoms with Crippen molar-refractivity contribution in [1.82, 2.24) is 9.80 Å². The van der Waals surface area contributed by atoms with Gasteiger partial charge in [0, 0.05) is 38.0 Å². The Morgan fingerprint density at radius 3 is 3.00 bits per heavy atom. The summed E-state index contributed by atoms with van der Waals surface area (Å²) in [5, 5.41) is 11.3. The zero-order valence-electron chi connectivity index (χ0n) is 11.8. The third-order valence-corrected chi connectivity index (χ3v) is 5.23. The molecule has 0 spiro atoms. The predicted molar refractivity (Wildman–Crippen MR) is 77.4 cm³/mol. The summed E-state index contributed by atoms with van der Waals surface area (Å²) >= 11 is 1.72. The molecule has 3 heterocycles. The number of methoxy groups -OCH3 is 1. The first-order chi connectivity index (χ1) is 10.1. The van der Waals surface area contributed by atoms with E-state index in [2.05, 4.69) is 0 Å². The fourth-order valence-electron chi connectivity index (χ4n) is 3.01. The molecule has 6 nitrogen and oxygen atoms in total. The molecule has 0 aliphatic carbocycles. The van der Waals surface area contributed by atoms with Crippen LogP contribution >= 0.6 is 11.3 Å². The predicted octanol–water partition coefficient (Wildman–Crippen LogP) is 1.40. The highest BCUT2D eigenvalue weighted by atomic mass is 32.1. The van der Waals surface area contributed by atoms with Crippen LogP contribution < -0.4 is 0 Å². The minimum Gasteiger partial charge on any atom is -0.480 e. The van der Waals surface area contributed by atoms with Crippen LogP contribution in [0.2, 0.25) is 0 Å². The summed E-state index contributed by atoms with van der Waals surface area (Å²) in [4.78, 5) is 28.5. The molecule has 114 valence electrons. The Labute approximate surface area is 126 Å². The second-order valence-corrected chi connectivity index (χ2v) is 6.42. The van der Waals surface area contributed by atoms with Gasteiger partial charge in [-0.1, -0.05) is 0 Å². The highest BCUT2D eigenvalue weighted by Crippen LogP contribution is 2.27. The molecule has 1 fully saturated rings. The monoisotopic (exact) mass is 310 g/mol. The molecule has 3 rings (SSSR count). The Morgan fingerprint density at radius 2 is 2.29 bits per heavy atom. The maximum absolute atomic E-state index is 12.6. The SMILES string of the molecule is COC1CC(C(=O)O)N(C(=O)N2CCc3sccc3C2)C1. The molecular weight excluding hydrogens is 292 g/mol. The average molecular weight is 310 g/mol. The molecule has 2 unspecified atom stereocenters. The minimum atomic E-state index is -0.962. The van der Waals surface area contributed by atoms with Crippen molar-refractivity contribution >= 4 is 23.3 Å². The Hall–Kier alpha value is -1.60. The van der Waals surface area contributed by atoms with E-state index in [0.717, 1.165) is 6.42 Å². The van der Waals surface area contributed by atoms with Gasteiger partial charge in [-0.05, 0) is 23.4 Å². The van der Waals surface area contributed by atoms with Gasteiger partial charge in [0.15, 0.2) is 0 Å². The molecule has 0 aromatic carbocycles. The molecule has 7 heteroatoms. The first kappa shape index (κ1) is 14.3. The fourth-order valence-corrected chi connectivity index (χ4v) is 3.90. The second kappa shape index (κ2) is 5.65. The number of carbonyl (C=O) groups excluding carboxylic acids is 1. The number of ether oxygens (including phenoxy) is 1. The topological polar surface area (TPSA) is 70.1 Å². The summed E-state index contributed by atoms with van der Waals surface area (Å²) in [6.07, 6.45) is 1.00. The number of carbonyl (C=O) groups is 2. The number of carboxylic acid groups (broad SMARTS) is 1. The van der Waals surface area contributed by atoms with Crippen LogP contribution in [0.25, 0.3) is 0 Å². The van der Waals surface area contributed by atoms with E-state index in [4.69, 9.17) is 4.74 Å². The number of aliphatic carboxylic acids is 1. The van der Waals surface area contributed by atoms with Crippen molar-refractivity contribution in [3.63, 3.8) is 0 Å². The number of carboxylic acids is 1. The van der Waals surface area contributed by atoms with Crippen LogP contribution in [0.5, 0.6) is 0 Å². The number of urea groups is 1. The number of nitrogens with zero attached hydrogens (tertiary/aromatic N) is 2. The molecule has 1 aromatic heterocycles. The van der Waals surface area contributed by atoms with E-state index in [0.29, 0.717) is 26.1 Å². The lowest BCUT2D eigenvalue weighted by molar-refractivity contribution is -0.141. The van der Waals surface area contributed by atoms with Crippen molar-refractivity contribution in [2.75, 3.05) is 20.2 Å². The molecule has 1 saturated heterocycles. The first-order valence-electron chi connectivity index (χ1n) is 6.96. The largest absolute Gasteiger partial charge is 0.480 e. The lowest BCUT2D eigenvalue weighted by Crippen LogP contribution is -2.49. The number of hydrogen-bond donors (Lipinski definition) is 1. The van der Waals surface area contributed by atoms with E-state index in [1.54, 1.807) is 23.3 Å². The lowest BCUT2D eigenvalue weighted by Gasteiger charge is -2.32. The van der Waals surface area contributed by atoms with E-state index < -0.39 is 12.0 Å². The standard InChI is InChI=1S/C14H18N2O4S/c1-20-10-6-11(13(17)18)16(8-10)14(19)15-4-2-12-9(7-15)3-5-21-12/h3,5,10-11H,2,4,6-8H2,1H3,(H,17,18). The molecule has 1 aromatic rings. The van der Waals surface area contributed by atoms with Gasteiger partial charge < -0.3 is 19.6 Å². The van der Waals surface area contributed by atoms with Crippen molar-refractivity contribution < 1.29 is 19.4 Å². The molecule has 0 saturated carbocycles. The highest BCUT2D eigenvalue weighted by Gasteiger charge is 2.41. The quantitative estimate of drug-likeness (QED) is 0.896. The Balaban J connectivity index is 1.74. The maximum Gasteiger partial charge on any atom is 0.326 e. The second-order valence-electron chi connectivity index (χ2n) is 5.42. The van der Waals surface area contributed by atoms with Crippen molar-refractivity contribution in [2.45, 2.75) is 31.5 Å². The molecule has 2 amide bonds. The summed E-state index contributed by atoms with van der Waals surface area (Å²) in [6.45, 7) is 1.56. The van der Waals surface area contributed by atoms with Crippen LogP contribution in [0.15, 0.2) is 11.4 Å². The number of amides is 2. The Kier molecular flexibility index (Phi) is 3.86. The van der Waals surface area contributed by atoms with Gasteiger partial charge in [0.25, 0.3) is 0 Å². The number of likely N-dealkylation sites (tertiary alicyclic amines) is 1. The molecule has 2 atom stereocenters. The Morgan fingerprint density at radius 1 is 1.48 bits per heavy atom. The fraction of sp³-hybridized carbons (Fsp3) is 0.571. The Bertz CT molecular complexity index is 559.